The molecule has 6 nitrogen and oxygen atoms in total. The summed E-state index contributed by atoms with van der Waals surface area (Å²) in [5.74, 6) is 2.35. The molecule has 6 heteroatoms. The molecule has 68 heavy (non-hydrogen) atoms. The summed E-state index contributed by atoms with van der Waals surface area (Å²) in [6.07, 6.45) is 3.61. The van der Waals surface area contributed by atoms with Gasteiger partial charge in [-0.3, -0.25) is 9.97 Å². The Bertz CT molecular complexity index is 3530. The maximum Gasteiger partial charge on any atom is 0.160 e. The number of hydrogen-bond acceptors (Lipinski definition) is 6. The van der Waals surface area contributed by atoms with Gasteiger partial charge in [-0.2, -0.15) is 0 Å². The average Bonchev–Trinajstić information content (AvgIpc) is 3.72. The second-order valence-electron chi connectivity index (χ2n) is 17.2. The number of aromatic nitrogens is 5. The molecular formula is C62H39N5O. The Morgan fingerprint density at radius 3 is 1.28 bits per heavy atom. The number of fused-ring (bicyclic) bond motifs is 9. The predicted octanol–water partition coefficient (Wildman–Crippen LogP) is 14.8. The Morgan fingerprint density at radius 1 is 0.279 bits per heavy atom. The second-order valence-corrected chi connectivity index (χ2v) is 17.2. The van der Waals surface area contributed by atoms with Crippen LogP contribution < -0.4 is 4.74 Å². The summed E-state index contributed by atoms with van der Waals surface area (Å²) in [5, 5.41) is 0. The molecule has 1 aliphatic carbocycles. The SMILES string of the molecule is c1ccc(-c2cc(-c3ccc(-c4ccc5c(c4)C4(c6cc(-c7cc(-c8ccccn8)nc(-c8ccccn8)c7)ccc6O5)c5ccccc5-c5ccccc54)cc3)nc(-c3ccccc3)n2)cc1. The van der Waals surface area contributed by atoms with E-state index in [4.69, 9.17) is 29.7 Å². The molecule has 0 saturated heterocycles. The van der Waals surface area contributed by atoms with Crippen LogP contribution in [0.25, 0.3) is 90.1 Å². The van der Waals surface area contributed by atoms with E-state index in [9.17, 15) is 0 Å². The van der Waals surface area contributed by atoms with Gasteiger partial charge in [0.2, 0.25) is 0 Å². The maximum atomic E-state index is 6.99. The monoisotopic (exact) mass is 869 g/mol. The lowest BCUT2D eigenvalue weighted by Gasteiger charge is -2.40. The standard InChI is InChI=1S/C62H39N5O/c1-3-15-41(16-4-1)55-39-56(67-61(66-55)43-17-5-2-6-18-43)42-27-25-40(26-28-42)44-29-31-59-51(35-44)62(49-21-9-7-19-47(49)48-20-8-10-22-50(48)62)52-36-45(30-32-60(52)68-59)46-37-57(53-23-11-13-33-63-53)65-58(38-46)54-24-12-14-34-64-54/h1-39H. The zero-order valence-corrected chi connectivity index (χ0v) is 36.7. The lowest BCUT2D eigenvalue weighted by molar-refractivity contribution is 0.436. The van der Waals surface area contributed by atoms with Crippen LogP contribution in [0.15, 0.2) is 237 Å². The molecule has 4 aromatic heterocycles. The van der Waals surface area contributed by atoms with Gasteiger partial charge in [-0.15, -0.1) is 0 Å². The number of ether oxygens (including phenoxy) is 1. The van der Waals surface area contributed by atoms with E-state index in [1.165, 1.54) is 22.3 Å². The average molecular weight is 870 g/mol. The van der Waals surface area contributed by atoms with Gasteiger partial charge in [-0.05, 0) is 111 Å². The summed E-state index contributed by atoms with van der Waals surface area (Å²) in [5.41, 5.74) is 18.5. The highest BCUT2D eigenvalue weighted by atomic mass is 16.5. The van der Waals surface area contributed by atoms with E-state index in [1.807, 2.05) is 72.8 Å². The van der Waals surface area contributed by atoms with Crippen LogP contribution in [0.2, 0.25) is 0 Å². The highest BCUT2D eigenvalue weighted by Crippen LogP contribution is 2.62. The van der Waals surface area contributed by atoms with Gasteiger partial charge in [0.05, 0.1) is 39.6 Å². The van der Waals surface area contributed by atoms with Gasteiger partial charge in [-0.25, -0.2) is 15.0 Å². The Balaban J connectivity index is 0.963. The van der Waals surface area contributed by atoms with Crippen molar-refractivity contribution in [1.29, 1.82) is 0 Å². The van der Waals surface area contributed by atoms with Gasteiger partial charge in [0.1, 0.15) is 11.5 Å². The van der Waals surface area contributed by atoms with Crippen molar-refractivity contribution in [2.45, 2.75) is 5.41 Å². The number of benzene rings is 7. The molecule has 0 radical (unpaired) electrons. The quantitative estimate of drug-likeness (QED) is 0.159. The highest BCUT2D eigenvalue weighted by Gasteiger charge is 2.51. The van der Waals surface area contributed by atoms with Crippen LogP contribution in [0, 0.1) is 0 Å². The lowest BCUT2D eigenvalue weighted by atomic mass is 9.65. The van der Waals surface area contributed by atoms with Gasteiger partial charge in [0.25, 0.3) is 0 Å². The van der Waals surface area contributed by atoms with Crippen molar-refractivity contribution in [1.82, 2.24) is 24.9 Å². The Hall–Kier alpha value is -9.13. The zero-order chi connectivity index (χ0) is 45.0. The fraction of sp³-hybridized carbons (Fsp3) is 0.0161. The first kappa shape index (κ1) is 39.3. The van der Waals surface area contributed by atoms with Crippen molar-refractivity contribution in [2.24, 2.45) is 0 Å². The summed E-state index contributed by atoms with van der Waals surface area (Å²) in [6.45, 7) is 0. The third kappa shape index (κ3) is 6.53. The third-order valence-electron chi connectivity index (χ3n) is 13.3. The van der Waals surface area contributed by atoms with Crippen LogP contribution in [0.4, 0.5) is 0 Å². The smallest absolute Gasteiger partial charge is 0.160 e. The molecule has 0 N–H and O–H groups in total. The molecule has 318 valence electrons. The molecule has 7 aromatic carbocycles. The molecule has 11 aromatic rings. The van der Waals surface area contributed by atoms with Gasteiger partial charge >= 0.3 is 0 Å². The van der Waals surface area contributed by atoms with Gasteiger partial charge in [0.15, 0.2) is 5.82 Å². The summed E-state index contributed by atoms with van der Waals surface area (Å²) in [4.78, 5) is 24.6. The molecule has 0 saturated carbocycles. The normalized spacial score (nSPS) is 12.6. The van der Waals surface area contributed by atoms with Crippen molar-refractivity contribution >= 4 is 0 Å². The fourth-order valence-corrected chi connectivity index (χ4v) is 10.2. The number of rotatable bonds is 7. The first-order chi connectivity index (χ1) is 33.7. The summed E-state index contributed by atoms with van der Waals surface area (Å²) < 4.78 is 6.99. The largest absolute Gasteiger partial charge is 0.457 e. The van der Waals surface area contributed by atoms with E-state index in [2.05, 4.69) is 152 Å². The zero-order valence-electron chi connectivity index (χ0n) is 36.7. The minimum absolute atomic E-state index is 0.689. The predicted molar refractivity (Wildman–Crippen MR) is 271 cm³/mol. The van der Waals surface area contributed by atoms with Gasteiger partial charge in [0, 0.05) is 40.2 Å². The second kappa shape index (κ2) is 16.1. The van der Waals surface area contributed by atoms with E-state index in [0.29, 0.717) is 5.82 Å². The summed E-state index contributed by atoms with van der Waals surface area (Å²) >= 11 is 0. The molecule has 1 aliphatic heterocycles. The summed E-state index contributed by atoms with van der Waals surface area (Å²) in [7, 11) is 0. The number of pyridine rings is 3. The summed E-state index contributed by atoms with van der Waals surface area (Å²) in [6, 6.07) is 78.4. The van der Waals surface area contributed by atoms with Crippen molar-refractivity contribution < 1.29 is 4.74 Å². The Kier molecular flexibility index (Phi) is 9.29. The van der Waals surface area contributed by atoms with Crippen molar-refractivity contribution in [3.8, 4) is 102 Å². The number of nitrogens with zero attached hydrogens (tertiary/aromatic N) is 5. The van der Waals surface area contributed by atoms with Gasteiger partial charge in [-0.1, -0.05) is 158 Å². The van der Waals surface area contributed by atoms with Crippen LogP contribution in [-0.2, 0) is 5.41 Å². The molecule has 0 fully saturated rings. The molecular weight excluding hydrogens is 831 g/mol. The first-order valence-electron chi connectivity index (χ1n) is 22.8. The van der Waals surface area contributed by atoms with Crippen LogP contribution >= 0.6 is 0 Å². The molecule has 13 rings (SSSR count). The van der Waals surface area contributed by atoms with E-state index in [0.717, 1.165) is 95.7 Å². The molecule has 2 aliphatic rings. The fourth-order valence-electron chi connectivity index (χ4n) is 10.2. The molecule has 0 atom stereocenters. The Morgan fingerprint density at radius 2 is 0.735 bits per heavy atom. The van der Waals surface area contributed by atoms with Crippen molar-refractivity contribution in [2.75, 3.05) is 0 Å². The van der Waals surface area contributed by atoms with E-state index >= 15 is 0 Å². The van der Waals surface area contributed by atoms with Crippen LogP contribution in [0.5, 0.6) is 11.5 Å². The van der Waals surface area contributed by atoms with Crippen molar-refractivity contribution in [3.63, 3.8) is 0 Å². The molecule has 1 spiro atoms. The van der Waals surface area contributed by atoms with Gasteiger partial charge < -0.3 is 4.74 Å². The maximum absolute atomic E-state index is 6.99. The third-order valence-corrected chi connectivity index (χ3v) is 13.3. The first-order valence-corrected chi connectivity index (χ1v) is 22.8. The molecule has 0 amide bonds. The molecule has 5 heterocycles. The van der Waals surface area contributed by atoms with E-state index in [-0.39, 0.29) is 0 Å². The minimum atomic E-state index is -0.689. The lowest BCUT2D eigenvalue weighted by Crippen LogP contribution is -2.32. The molecule has 0 unspecified atom stereocenters. The van der Waals surface area contributed by atoms with Crippen LogP contribution in [0.1, 0.15) is 22.3 Å². The Labute approximate surface area is 394 Å². The van der Waals surface area contributed by atoms with Crippen LogP contribution in [0.3, 0.4) is 0 Å². The van der Waals surface area contributed by atoms with Crippen LogP contribution in [-0.4, -0.2) is 24.9 Å². The topological polar surface area (TPSA) is 73.7 Å². The number of hydrogen-bond donors (Lipinski definition) is 0. The highest BCUT2D eigenvalue weighted by molar-refractivity contribution is 5.90. The van der Waals surface area contributed by atoms with E-state index < -0.39 is 5.41 Å². The van der Waals surface area contributed by atoms with E-state index in [1.54, 1.807) is 12.4 Å². The minimum Gasteiger partial charge on any atom is -0.457 e. The molecule has 0 bridgehead atoms. The van der Waals surface area contributed by atoms with Crippen molar-refractivity contribution in [3.05, 3.63) is 259 Å².